The minimum atomic E-state index is 0.377. The molecule has 3 heteroatoms. The normalized spacial score (nSPS) is 9.60. The van der Waals surface area contributed by atoms with Crippen molar-refractivity contribution in [3.05, 3.63) is 4.29 Å². The number of halogens is 3. The van der Waals surface area contributed by atoms with Gasteiger partial charge in [0.05, 0.1) is 5.88 Å². The maximum atomic E-state index is 5.16. The van der Waals surface area contributed by atoms with E-state index in [2.05, 4.69) is 15.9 Å². The molecule has 0 spiro atoms. The van der Waals surface area contributed by atoms with Gasteiger partial charge in [-0.25, -0.2) is 0 Å². The monoisotopic (exact) mass is 175 g/mol. The predicted octanol–water partition coefficient (Wildman–Crippen LogP) is 2.35. The van der Waals surface area contributed by atoms with Crippen molar-refractivity contribution in [3.8, 4) is 0 Å². The third kappa shape index (κ3) is 5.06. The second kappa shape index (κ2) is 3.26. The molecule has 0 N–H and O–H groups in total. The molecular formula is C2H2BrCl2. The fraction of sp³-hybridized carbons (Fsp3) is 0.500. The van der Waals surface area contributed by atoms with Crippen molar-refractivity contribution in [3.63, 3.8) is 0 Å². The topological polar surface area (TPSA) is 0 Å². The van der Waals surface area contributed by atoms with Gasteiger partial charge in [0.2, 0.25) is 0 Å². The van der Waals surface area contributed by atoms with Crippen LogP contribution in [0.5, 0.6) is 0 Å². The molecule has 0 aromatic heterocycles. The van der Waals surface area contributed by atoms with Gasteiger partial charge in [0.15, 0.2) is 0 Å². The highest BCUT2D eigenvalue weighted by molar-refractivity contribution is 9.11. The molecule has 5 heavy (non-hydrogen) atoms. The van der Waals surface area contributed by atoms with E-state index in [0.29, 0.717) is 10.2 Å². The molecule has 0 rings (SSSR count). The van der Waals surface area contributed by atoms with Crippen LogP contribution in [0, 0.1) is 4.29 Å². The lowest BCUT2D eigenvalue weighted by Gasteiger charge is -1.81. The Labute approximate surface area is 49.6 Å². The summed E-state index contributed by atoms with van der Waals surface area (Å²) < 4.78 is 0.555. The fourth-order valence-corrected chi connectivity index (χ4v) is 0. The Morgan fingerprint density at radius 3 is 2.00 bits per heavy atom. The summed E-state index contributed by atoms with van der Waals surface area (Å²) >= 11 is 13.2. The van der Waals surface area contributed by atoms with E-state index in [1.54, 1.807) is 0 Å². The average Bonchev–Trinajstić information content (AvgIpc) is 1.38. The molecule has 0 bridgehead atoms. The SMILES string of the molecule is ClC[C](Cl)Br. The molecule has 0 fully saturated rings. The van der Waals surface area contributed by atoms with Crippen molar-refractivity contribution in [2.45, 2.75) is 0 Å². The van der Waals surface area contributed by atoms with E-state index in [1.165, 1.54) is 0 Å². The molecular weight excluding hydrogens is 175 g/mol. The van der Waals surface area contributed by atoms with Crippen LogP contribution >= 0.6 is 39.1 Å². The van der Waals surface area contributed by atoms with Gasteiger partial charge in [-0.2, -0.15) is 0 Å². The third-order valence-corrected chi connectivity index (χ3v) is 1.24. The number of hydrogen-bond donors (Lipinski definition) is 0. The third-order valence-electron chi connectivity index (χ3n) is 0.101. The highest BCUT2D eigenvalue weighted by Gasteiger charge is 1.90. The number of alkyl halides is 1. The van der Waals surface area contributed by atoms with Crippen LogP contribution < -0.4 is 0 Å². The number of hydrogen-bond acceptors (Lipinski definition) is 0. The van der Waals surface area contributed by atoms with Crippen LogP contribution in [-0.2, 0) is 0 Å². The largest absolute Gasteiger partial charge is 0.143 e. The van der Waals surface area contributed by atoms with Gasteiger partial charge in [0.1, 0.15) is 4.29 Å². The molecule has 0 aliphatic heterocycles. The summed E-state index contributed by atoms with van der Waals surface area (Å²) in [5.41, 5.74) is 0. The minimum absolute atomic E-state index is 0.377. The van der Waals surface area contributed by atoms with E-state index in [4.69, 9.17) is 23.2 Å². The van der Waals surface area contributed by atoms with Gasteiger partial charge in [0, 0.05) is 0 Å². The first kappa shape index (κ1) is 6.06. The van der Waals surface area contributed by atoms with E-state index in [0.717, 1.165) is 0 Å². The smallest absolute Gasteiger partial charge is 0.124 e. The summed E-state index contributed by atoms with van der Waals surface area (Å²) in [5.74, 6) is 0.377. The summed E-state index contributed by atoms with van der Waals surface area (Å²) in [6, 6.07) is 0. The standard InChI is InChI=1S/C2H2BrCl2/c3-2(5)1-4/h1H2. The average molecular weight is 177 g/mol. The maximum absolute atomic E-state index is 5.16. The van der Waals surface area contributed by atoms with Crippen LogP contribution in [0.1, 0.15) is 0 Å². The zero-order valence-corrected chi connectivity index (χ0v) is 5.44. The van der Waals surface area contributed by atoms with Crippen LogP contribution in [0.3, 0.4) is 0 Å². The number of rotatable bonds is 1. The van der Waals surface area contributed by atoms with Crippen LogP contribution in [0.4, 0.5) is 0 Å². The summed E-state index contributed by atoms with van der Waals surface area (Å²) in [6.45, 7) is 0. The van der Waals surface area contributed by atoms with Gasteiger partial charge in [-0.3, -0.25) is 0 Å². The fourth-order valence-electron chi connectivity index (χ4n) is 0. The van der Waals surface area contributed by atoms with Crippen molar-refractivity contribution < 1.29 is 0 Å². The second-order valence-corrected chi connectivity index (χ2v) is 2.61. The first-order valence-electron chi connectivity index (χ1n) is 0.999. The summed E-state index contributed by atoms with van der Waals surface area (Å²) in [4.78, 5) is 0. The van der Waals surface area contributed by atoms with Crippen LogP contribution in [0.2, 0.25) is 0 Å². The molecule has 0 unspecified atom stereocenters. The Kier molecular flexibility index (Phi) is 3.95. The first-order chi connectivity index (χ1) is 2.27. The van der Waals surface area contributed by atoms with Crippen molar-refractivity contribution in [1.29, 1.82) is 0 Å². The van der Waals surface area contributed by atoms with Gasteiger partial charge < -0.3 is 0 Å². The van der Waals surface area contributed by atoms with Crippen LogP contribution in [0.25, 0.3) is 0 Å². The van der Waals surface area contributed by atoms with E-state index in [1.807, 2.05) is 0 Å². The van der Waals surface area contributed by atoms with Crippen molar-refractivity contribution in [2.75, 3.05) is 5.88 Å². The molecule has 0 heterocycles. The molecule has 0 aromatic carbocycles. The first-order valence-corrected chi connectivity index (χ1v) is 2.70. The molecule has 0 saturated heterocycles. The highest BCUT2D eigenvalue weighted by Crippen LogP contribution is 2.14. The Balaban J connectivity index is 2.54. The summed E-state index contributed by atoms with van der Waals surface area (Å²) in [6.07, 6.45) is 0. The quantitative estimate of drug-likeness (QED) is 0.539. The van der Waals surface area contributed by atoms with E-state index in [9.17, 15) is 0 Å². The molecule has 0 atom stereocenters. The molecule has 0 aliphatic rings. The van der Waals surface area contributed by atoms with E-state index >= 15 is 0 Å². The molecule has 0 aromatic rings. The second-order valence-electron chi connectivity index (χ2n) is 0.472. The molecule has 0 amide bonds. The maximum Gasteiger partial charge on any atom is 0.143 e. The van der Waals surface area contributed by atoms with Gasteiger partial charge in [-0.05, 0) is 0 Å². The lowest BCUT2D eigenvalue weighted by molar-refractivity contribution is 1.67. The molecule has 0 saturated carbocycles. The minimum Gasteiger partial charge on any atom is -0.124 e. The van der Waals surface area contributed by atoms with E-state index in [-0.39, 0.29) is 0 Å². The zero-order valence-electron chi connectivity index (χ0n) is 2.34. The van der Waals surface area contributed by atoms with Crippen molar-refractivity contribution in [1.82, 2.24) is 0 Å². The summed E-state index contributed by atoms with van der Waals surface area (Å²) in [7, 11) is 0. The Morgan fingerprint density at radius 2 is 2.00 bits per heavy atom. The van der Waals surface area contributed by atoms with Gasteiger partial charge in [-0.15, -0.1) is 23.2 Å². The zero-order chi connectivity index (χ0) is 4.28. The molecule has 1 radical (unpaired) electrons. The van der Waals surface area contributed by atoms with Gasteiger partial charge in [0.25, 0.3) is 0 Å². The van der Waals surface area contributed by atoms with Crippen LogP contribution in [-0.4, -0.2) is 5.88 Å². The van der Waals surface area contributed by atoms with Gasteiger partial charge in [-0.1, -0.05) is 15.9 Å². The lowest BCUT2D eigenvalue weighted by atomic mass is 11.0. The Hall–Kier alpha value is 1.06. The van der Waals surface area contributed by atoms with E-state index < -0.39 is 0 Å². The lowest BCUT2D eigenvalue weighted by Crippen LogP contribution is -1.68. The Morgan fingerprint density at radius 1 is 1.80 bits per heavy atom. The molecule has 0 aliphatic carbocycles. The van der Waals surface area contributed by atoms with Crippen molar-refractivity contribution in [2.24, 2.45) is 0 Å². The Bertz CT molecular complexity index is 21.6. The highest BCUT2D eigenvalue weighted by atomic mass is 79.9. The van der Waals surface area contributed by atoms with Crippen molar-refractivity contribution >= 4 is 39.1 Å². The predicted molar refractivity (Wildman–Crippen MR) is 28.7 cm³/mol. The van der Waals surface area contributed by atoms with Gasteiger partial charge >= 0.3 is 0 Å². The molecule has 0 nitrogen and oxygen atoms in total. The summed E-state index contributed by atoms with van der Waals surface area (Å²) in [5, 5.41) is 0. The molecule has 31 valence electrons. The van der Waals surface area contributed by atoms with Crippen LogP contribution in [0.15, 0.2) is 0 Å².